The average molecular weight is 824 g/mol. The number of fused-ring (bicyclic) bond motifs is 5. The number of ether oxygens (including phenoxy) is 8. The van der Waals surface area contributed by atoms with Gasteiger partial charge in [0, 0.05) is 69.7 Å². The van der Waals surface area contributed by atoms with E-state index in [0.717, 1.165) is 56.2 Å². The lowest BCUT2D eigenvalue weighted by molar-refractivity contribution is -0.365. The largest absolute Gasteiger partial charge is 0.487 e. The molecule has 0 radical (unpaired) electrons. The van der Waals surface area contributed by atoms with Gasteiger partial charge in [-0.25, -0.2) is 0 Å². The van der Waals surface area contributed by atoms with Gasteiger partial charge < -0.3 is 48.1 Å². The summed E-state index contributed by atoms with van der Waals surface area (Å²) in [5.74, 6) is -0.994. The summed E-state index contributed by atoms with van der Waals surface area (Å²) in [6.45, 7) is 18.9. The van der Waals surface area contributed by atoms with Gasteiger partial charge in [0.05, 0.1) is 36.6 Å². The number of aliphatic carboxylic acids is 1. The van der Waals surface area contributed by atoms with Crippen LogP contribution in [0.2, 0.25) is 0 Å². The average Bonchev–Trinajstić information content (AvgIpc) is 3.86. The summed E-state index contributed by atoms with van der Waals surface area (Å²) < 4.78 is 54.5. The number of carbonyl (C=O) groups is 1. The van der Waals surface area contributed by atoms with Gasteiger partial charge in [-0.3, -0.25) is 10.1 Å². The van der Waals surface area contributed by atoms with E-state index in [1.807, 2.05) is 18.2 Å². The Morgan fingerprint density at radius 1 is 0.949 bits per heavy atom. The number of hydrogen-bond acceptors (Lipinski definition) is 11. The topological polar surface area (TPSA) is 143 Å². The van der Waals surface area contributed by atoms with Crippen molar-refractivity contribution in [3.63, 3.8) is 0 Å². The summed E-state index contributed by atoms with van der Waals surface area (Å²) in [6, 6.07) is 0. The van der Waals surface area contributed by atoms with E-state index in [9.17, 15) is 9.90 Å². The summed E-state index contributed by atoms with van der Waals surface area (Å²) >= 11 is 0. The number of hydrogen-bond donors (Lipinski definition) is 3. The Morgan fingerprint density at radius 2 is 1.76 bits per heavy atom. The number of aliphatic hydroxyl groups is 1. The minimum absolute atomic E-state index is 0.0301. The molecular weight excluding hydrogens is 755 g/mol. The molecule has 12 heteroatoms. The van der Waals surface area contributed by atoms with Gasteiger partial charge in [0.25, 0.3) is 0 Å². The molecule has 7 saturated heterocycles. The molecule has 0 aromatic carbocycles. The molecule has 9 aliphatic heterocycles. The molecule has 3 spiro atoms. The second-order valence-electron chi connectivity index (χ2n) is 20.4. The predicted octanol–water partition coefficient (Wildman–Crippen LogP) is 7.21. The zero-order valence-corrected chi connectivity index (χ0v) is 36.1. The Hall–Kier alpha value is -2.13. The van der Waals surface area contributed by atoms with Gasteiger partial charge in [-0.05, 0) is 67.9 Å². The van der Waals surface area contributed by atoms with E-state index < -0.39 is 35.5 Å². The zero-order chi connectivity index (χ0) is 41.5. The highest BCUT2D eigenvalue weighted by atomic mass is 16.8. The van der Waals surface area contributed by atoms with Crippen LogP contribution in [0.1, 0.15) is 125 Å². The van der Waals surface area contributed by atoms with Gasteiger partial charge in [0.15, 0.2) is 17.4 Å². The third-order valence-electron chi connectivity index (χ3n) is 15.3. The fraction of sp³-hybridized carbons (Fsp3) is 0.809. The Labute approximate surface area is 350 Å². The smallest absolute Gasteiger partial charge is 0.303 e. The molecule has 0 unspecified atom stereocenters. The van der Waals surface area contributed by atoms with Crippen molar-refractivity contribution in [3.8, 4) is 0 Å². The summed E-state index contributed by atoms with van der Waals surface area (Å²) in [5, 5.41) is 24.8. The van der Waals surface area contributed by atoms with Crippen LogP contribution in [0.4, 0.5) is 0 Å². The van der Waals surface area contributed by atoms with E-state index in [4.69, 9.17) is 43.0 Å². The summed E-state index contributed by atoms with van der Waals surface area (Å²) in [4.78, 5) is 11.0. The van der Waals surface area contributed by atoms with Crippen LogP contribution in [0.3, 0.4) is 0 Å². The van der Waals surface area contributed by atoms with Crippen LogP contribution >= 0.6 is 0 Å². The molecule has 12 nitrogen and oxygen atoms in total. The van der Waals surface area contributed by atoms with Crippen molar-refractivity contribution in [2.75, 3.05) is 6.54 Å². The highest BCUT2D eigenvalue weighted by Crippen LogP contribution is 2.55. The first-order chi connectivity index (χ1) is 28.1. The quantitative estimate of drug-likeness (QED) is 0.202. The molecule has 7 fully saturated rings. The lowest BCUT2D eigenvalue weighted by atomic mass is 9.79. The second kappa shape index (κ2) is 15.9. The van der Waals surface area contributed by atoms with E-state index in [1.54, 1.807) is 0 Å². The van der Waals surface area contributed by atoms with Crippen LogP contribution in [-0.2, 0) is 42.7 Å². The molecule has 0 aromatic heterocycles. The van der Waals surface area contributed by atoms with Gasteiger partial charge in [-0.15, -0.1) is 0 Å². The molecule has 2 bridgehead atoms. The van der Waals surface area contributed by atoms with Gasteiger partial charge in [0.2, 0.25) is 0 Å². The molecular formula is C47H69NO11. The highest BCUT2D eigenvalue weighted by Gasteiger charge is 2.63. The van der Waals surface area contributed by atoms with Gasteiger partial charge in [-0.1, -0.05) is 65.5 Å². The first kappa shape index (κ1) is 42.2. The third-order valence-corrected chi connectivity index (χ3v) is 15.3. The Balaban J connectivity index is 0.834. The van der Waals surface area contributed by atoms with E-state index in [-0.39, 0.29) is 66.7 Å². The molecule has 59 heavy (non-hydrogen) atoms. The minimum atomic E-state index is -0.950. The molecule has 9 heterocycles. The van der Waals surface area contributed by atoms with E-state index >= 15 is 0 Å². The monoisotopic (exact) mass is 823 g/mol. The Kier molecular flexibility index (Phi) is 11.4. The number of allylic oxidation sites excluding steroid dienone is 2. The molecule has 328 valence electrons. The highest BCUT2D eigenvalue weighted by molar-refractivity contribution is 5.66. The molecule has 18 atom stereocenters. The third kappa shape index (κ3) is 7.94. The van der Waals surface area contributed by atoms with Gasteiger partial charge in [-0.2, -0.15) is 0 Å². The maximum Gasteiger partial charge on any atom is 0.303 e. The van der Waals surface area contributed by atoms with Gasteiger partial charge in [0.1, 0.15) is 29.8 Å². The SMILES string of the molecule is C=C(C[C@@]12C[C@@H](C)C[C@@H](O1)[C@H]1O[C@]3(C[C@H]1O2)NC[C@H](C)C[C@@H]3C)[C@H]1OC([C@H](O)[C@@H]2C[C@H]3O[C@@]4(CC[C@]5(CC=C[C@@H](/C=C/CCC(=O)O)O5)O4)[C@H](C)C[C@H]3O2)=C(C)C[C@@H]1C. The zero-order valence-electron chi connectivity index (χ0n) is 36.1. The van der Waals surface area contributed by atoms with Crippen LogP contribution in [-0.4, -0.2) is 101 Å². The van der Waals surface area contributed by atoms with E-state index in [2.05, 4.69) is 59.5 Å². The van der Waals surface area contributed by atoms with Crippen molar-refractivity contribution in [3.05, 3.63) is 47.8 Å². The van der Waals surface area contributed by atoms with Crippen LogP contribution < -0.4 is 5.32 Å². The van der Waals surface area contributed by atoms with Crippen molar-refractivity contribution >= 4 is 5.97 Å². The molecule has 3 N–H and O–H groups in total. The van der Waals surface area contributed by atoms with Crippen molar-refractivity contribution < 1.29 is 52.9 Å². The fourth-order valence-electron chi connectivity index (χ4n) is 12.5. The number of aliphatic hydroxyl groups excluding tert-OH is 1. The molecule has 0 saturated carbocycles. The van der Waals surface area contributed by atoms with Crippen molar-refractivity contribution in [2.45, 2.75) is 203 Å². The van der Waals surface area contributed by atoms with Crippen molar-refractivity contribution in [1.29, 1.82) is 0 Å². The molecule has 9 rings (SSSR count). The van der Waals surface area contributed by atoms with Crippen molar-refractivity contribution in [1.82, 2.24) is 5.32 Å². The van der Waals surface area contributed by atoms with Crippen LogP contribution in [0.25, 0.3) is 0 Å². The van der Waals surface area contributed by atoms with Gasteiger partial charge >= 0.3 is 5.97 Å². The summed E-state index contributed by atoms with van der Waals surface area (Å²) in [7, 11) is 0. The van der Waals surface area contributed by atoms with Crippen LogP contribution in [0.5, 0.6) is 0 Å². The Bertz CT molecular complexity index is 1720. The maximum absolute atomic E-state index is 12.0. The standard InChI is InChI=1S/C47H69NO11/c1-26-18-37-43-38(24-46(58-43)31(6)17-27(2)25-48-46)56-45(22-26,55-37)23-30(5)41-28(3)19-29(4)42(53-41)40(51)36-21-35-34(52-36)20-32(7)47(57-35)16-15-44(59-47)14-10-12-33(54-44)11-8-9-13-39(49)50/h8,10-12,26-28,31-38,40-41,43,48,51H,5,9,13-25H2,1-4,6-7H3,(H,49,50)/b11-8+/t26-,27+,28-,31-,32+,33+,34+,35+,36-,37+,38+,40+,41-,43+,44-,45-,46-,47+/m0/s1. The second-order valence-corrected chi connectivity index (χ2v) is 20.4. The molecule has 0 amide bonds. The van der Waals surface area contributed by atoms with E-state index in [1.165, 1.54) is 0 Å². The molecule has 9 aliphatic rings. The van der Waals surface area contributed by atoms with Crippen LogP contribution in [0, 0.1) is 29.6 Å². The first-order valence-corrected chi connectivity index (χ1v) is 22.9. The number of carboxylic acids is 1. The molecule has 0 aromatic rings. The normalized spacial score (nSPS) is 49.7. The number of carboxylic acid groups (broad SMARTS) is 1. The van der Waals surface area contributed by atoms with Crippen LogP contribution in [0.15, 0.2) is 47.8 Å². The predicted molar refractivity (Wildman–Crippen MR) is 218 cm³/mol. The maximum atomic E-state index is 12.0. The molecule has 0 aliphatic carbocycles. The number of rotatable bonds is 9. The summed E-state index contributed by atoms with van der Waals surface area (Å²) in [6.07, 6.45) is 14.1. The lowest BCUT2D eigenvalue weighted by Gasteiger charge is -2.52. The minimum Gasteiger partial charge on any atom is -0.487 e. The summed E-state index contributed by atoms with van der Waals surface area (Å²) in [5.41, 5.74) is 1.59. The van der Waals surface area contributed by atoms with E-state index in [0.29, 0.717) is 62.0 Å². The number of nitrogens with one attached hydrogen (secondary N) is 1. The Morgan fingerprint density at radius 3 is 2.56 bits per heavy atom. The lowest BCUT2D eigenvalue weighted by Crippen LogP contribution is -2.59. The van der Waals surface area contributed by atoms with Crippen molar-refractivity contribution in [2.24, 2.45) is 29.6 Å². The fourth-order valence-corrected chi connectivity index (χ4v) is 12.5. The first-order valence-electron chi connectivity index (χ1n) is 22.9. The number of piperidine rings is 1.